The minimum Gasteiger partial charge on any atom is -0.390 e. The van der Waals surface area contributed by atoms with E-state index in [0.29, 0.717) is 30.8 Å². The number of nitrogens with zero attached hydrogens (tertiary/aromatic N) is 2. The second kappa shape index (κ2) is 6.84. The van der Waals surface area contributed by atoms with Gasteiger partial charge in [-0.15, -0.1) is 0 Å². The van der Waals surface area contributed by atoms with Gasteiger partial charge in [-0.2, -0.15) is 5.10 Å². The Morgan fingerprint density at radius 3 is 2.92 bits per heavy atom. The van der Waals surface area contributed by atoms with Gasteiger partial charge < -0.3 is 10.0 Å². The van der Waals surface area contributed by atoms with Gasteiger partial charge in [0.05, 0.1) is 11.6 Å². The summed E-state index contributed by atoms with van der Waals surface area (Å²) in [7, 11) is 0. The van der Waals surface area contributed by atoms with Gasteiger partial charge in [0.2, 0.25) is 0 Å². The molecule has 25 heavy (non-hydrogen) atoms. The molecule has 0 aliphatic carbocycles. The topological polar surface area (TPSA) is 102 Å². The first-order chi connectivity index (χ1) is 11.8. The predicted molar refractivity (Wildman–Crippen MR) is 93.3 cm³/mol. The Labute approximate surface area is 146 Å². The summed E-state index contributed by atoms with van der Waals surface area (Å²) < 4.78 is 0. The lowest BCUT2D eigenvalue weighted by Gasteiger charge is -2.23. The number of rotatable bonds is 5. The van der Waals surface area contributed by atoms with Crippen molar-refractivity contribution in [2.45, 2.75) is 51.2 Å². The molecule has 1 aliphatic heterocycles. The fraction of sp³-hybridized carbons (Fsp3) is 0.500. The number of carbonyl (C=O) groups is 1. The molecular weight excluding hydrogens is 320 g/mol. The highest BCUT2D eigenvalue weighted by Crippen LogP contribution is 2.30. The monoisotopic (exact) mass is 344 g/mol. The molecule has 0 spiro atoms. The van der Waals surface area contributed by atoms with Gasteiger partial charge in [-0.1, -0.05) is 12.1 Å². The molecule has 0 bridgehead atoms. The second-order valence-corrected chi connectivity index (χ2v) is 7.23. The van der Waals surface area contributed by atoms with Crippen LogP contribution >= 0.6 is 0 Å². The van der Waals surface area contributed by atoms with Gasteiger partial charge in [-0.05, 0) is 57.2 Å². The zero-order chi connectivity index (χ0) is 18.0. The summed E-state index contributed by atoms with van der Waals surface area (Å²) in [5.41, 5.74) is 0.559. The number of aliphatic hydroxyl groups is 1. The standard InChI is InChI=1S/C18H24N4O3/c1-18(2,25)9-8-12-5-3-6-13(11-12)16(23)22-10-4-7-14(22)15-19-17(24)21-20-15/h3,5-6,11,14,25H,4,7-10H2,1-2H3,(H2,19,20,21,24)/t14-/m0/s1. The van der Waals surface area contributed by atoms with E-state index in [1.807, 2.05) is 18.2 Å². The number of nitrogens with one attached hydrogen (secondary N) is 2. The Morgan fingerprint density at radius 1 is 1.44 bits per heavy atom. The van der Waals surface area contributed by atoms with Crippen molar-refractivity contribution in [3.63, 3.8) is 0 Å². The van der Waals surface area contributed by atoms with Gasteiger partial charge >= 0.3 is 5.69 Å². The molecule has 2 heterocycles. The highest BCUT2D eigenvalue weighted by atomic mass is 16.3. The third-order valence-corrected chi connectivity index (χ3v) is 4.55. The van der Waals surface area contributed by atoms with Gasteiger partial charge in [0, 0.05) is 12.1 Å². The van der Waals surface area contributed by atoms with Crippen molar-refractivity contribution < 1.29 is 9.90 Å². The number of amides is 1. The highest BCUT2D eigenvalue weighted by molar-refractivity contribution is 5.94. The first-order valence-corrected chi connectivity index (χ1v) is 8.60. The minimum absolute atomic E-state index is 0.0588. The van der Waals surface area contributed by atoms with E-state index in [-0.39, 0.29) is 17.6 Å². The van der Waals surface area contributed by atoms with E-state index < -0.39 is 5.60 Å². The van der Waals surface area contributed by atoms with E-state index in [0.717, 1.165) is 18.4 Å². The van der Waals surface area contributed by atoms with Gasteiger partial charge in [0.1, 0.15) is 0 Å². The number of carbonyl (C=O) groups excluding carboxylic acids is 1. The third kappa shape index (κ3) is 4.17. The number of H-pyrrole nitrogens is 2. The van der Waals surface area contributed by atoms with Crippen molar-refractivity contribution in [2.24, 2.45) is 0 Å². The summed E-state index contributed by atoms with van der Waals surface area (Å²) in [5.74, 6) is 0.450. The molecule has 3 N–H and O–H groups in total. The summed E-state index contributed by atoms with van der Waals surface area (Å²) in [4.78, 5) is 28.7. The molecular formula is C18H24N4O3. The molecule has 1 aliphatic rings. The van der Waals surface area contributed by atoms with Crippen molar-refractivity contribution in [1.82, 2.24) is 20.1 Å². The number of hydrogen-bond acceptors (Lipinski definition) is 4. The Morgan fingerprint density at radius 2 is 2.24 bits per heavy atom. The summed E-state index contributed by atoms with van der Waals surface area (Å²) in [6.07, 6.45) is 3.00. The van der Waals surface area contributed by atoms with Crippen LogP contribution in [-0.2, 0) is 6.42 Å². The molecule has 0 saturated carbocycles. The van der Waals surface area contributed by atoms with Crippen LogP contribution in [0.5, 0.6) is 0 Å². The number of benzene rings is 1. The summed E-state index contributed by atoms with van der Waals surface area (Å²) in [5, 5.41) is 16.2. The second-order valence-electron chi connectivity index (χ2n) is 7.23. The van der Waals surface area contributed by atoms with Crippen LogP contribution in [0, 0.1) is 0 Å². The van der Waals surface area contributed by atoms with Crippen molar-refractivity contribution in [3.05, 3.63) is 51.7 Å². The van der Waals surface area contributed by atoms with Crippen LogP contribution in [0.2, 0.25) is 0 Å². The number of likely N-dealkylation sites (tertiary alicyclic amines) is 1. The van der Waals surface area contributed by atoms with Gasteiger partial charge in [0.25, 0.3) is 5.91 Å². The van der Waals surface area contributed by atoms with Crippen molar-refractivity contribution in [1.29, 1.82) is 0 Å². The Hall–Kier alpha value is -2.41. The lowest BCUT2D eigenvalue weighted by atomic mass is 9.97. The van der Waals surface area contributed by atoms with Crippen LogP contribution in [0.3, 0.4) is 0 Å². The number of aryl methyl sites for hydroxylation is 1. The molecule has 1 aromatic heterocycles. The maximum Gasteiger partial charge on any atom is 0.340 e. The molecule has 0 radical (unpaired) electrons. The van der Waals surface area contributed by atoms with Crippen LogP contribution < -0.4 is 5.69 Å². The smallest absolute Gasteiger partial charge is 0.340 e. The molecule has 1 fully saturated rings. The first kappa shape index (κ1) is 17.4. The molecule has 7 nitrogen and oxygen atoms in total. The fourth-order valence-electron chi connectivity index (χ4n) is 3.21. The molecule has 0 unspecified atom stereocenters. The Kier molecular flexibility index (Phi) is 4.76. The van der Waals surface area contributed by atoms with Gasteiger partial charge in [-0.3, -0.25) is 9.78 Å². The molecule has 1 atom stereocenters. The molecule has 1 aromatic carbocycles. The first-order valence-electron chi connectivity index (χ1n) is 8.60. The highest BCUT2D eigenvalue weighted by Gasteiger charge is 2.32. The zero-order valence-corrected chi connectivity index (χ0v) is 14.6. The van der Waals surface area contributed by atoms with E-state index in [1.165, 1.54) is 0 Å². The Bertz CT molecular complexity index is 803. The summed E-state index contributed by atoms with van der Waals surface area (Å²) in [6.45, 7) is 4.20. The maximum atomic E-state index is 12.9. The number of aromatic nitrogens is 3. The van der Waals surface area contributed by atoms with Crippen molar-refractivity contribution in [2.75, 3.05) is 6.54 Å². The normalized spacial score (nSPS) is 17.9. The average Bonchev–Trinajstić information content (AvgIpc) is 3.20. The van der Waals surface area contributed by atoms with E-state index >= 15 is 0 Å². The summed E-state index contributed by atoms with van der Waals surface area (Å²) in [6, 6.07) is 7.32. The molecule has 3 rings (SSSR count). The summed E-state index contributed by atoms with van der Waals surface area (Å²) >= 11 is 0. The molecule has 134 valence electrons. The van der Waals surface area contributed by atoms with Gasteiger partial charge in [-0.25, -0.2) is 9.89 Å². The number of hydrogen-bond donors (Lipinski definition) is 3. The fourth-order valence-corrected chi connectivity index (χ4v) is 3.21. The van der Waals surface area contributed by atoms with Crippen LogP contribution in [-0.4, -0.2) is 43.2 Å². The molecule has 2 aromatic rings. The number of aromatic amines is 2. The van der Waals surface area contributed by atoms with Crippen molar-refractivity contribution >= 4 is 5.91 Å². The average molecular weight is 344 g/mol. The molecule has 7 heteroatoms. The van der Waals surface area contributed by atoms with E-state index in [1.54, 1.807) is 24.8 Å². The van der Waals surface area contributed by atoms with E-state index in [4.69, 9.17) is 0 Å². The lowest BCUT2D eigenvalue weighted by molar-refractivity contribution is 0.0714. The van der Waals surface area contributed by atoms with Crippen LogP contribution in [0.1, 0.15) is 60.9 Å². The quantitative estimate of drug-likeness (QED) is 0.769. The van der Waals surface area contributed by atoms with Crippen LogP contribution in [0.25, 0.3) is 0 Å². The molecule has 1 saturated heterocycles. The lowest BCUT2D eigenvalue weighted by Crippen LogP contribution is -2.31. The zero-order valence-electron chi connectivity index (χ0n) is 14.6. The maximum absolute atomic E-state index is 12.9. The van der Waals surface area contributed by atoms with Crippen LogP contribution in [0.15, 0.2) is 29.1 Å². The third-order valence-electron chi connectivity index (χ3n) is 4.55. The van der Waals surface area contributed by atoms with E-state index in [2.05, 4.69) is 15.2 Å². The molecule has 1 amide bonds. The van der Waals surface area contributed by atoms with E-state index in [9.17, 15) is 14.7 Å². The minimum atomic E-state index is -0.730. The van der Waals surface area contributed by atoms with Crippen molar-refractivity contribution in [3.8, 4) is 0 Å². The Balaban J connectivity index is 1.77. The van der Waals surface area contributed by atoms with Crippen LogP contribution in [0.4, 0.5) is 0 Å². The van der Waals surface area contributed by atoms with Gasteiger partial charge in [0.15, 0.2) is 5.82 Å². The largest absolute Gasteiger partial charge is 0.390 e. The predicted octanol–water partition coefficient (Wildman–Crippen LogP) is 1.78. The SMILES string of the molecule is CC(C)(O)CCc1cccc(C(=O)N2CCC[C@H]2c2n[nH]c(=O)[nH]2)c1.